The number of epoxide rings is 1. The highest BCUT2D eigenvalue weighted by Gasteiger charge is 2.81. The van der Waals surface area contributed by atoms with Crippen LogP contribution in [0.15, 0.2) is 12.2 Å². The summed E-state index contributed by atoms with van der Waals surface area (Å²) < 4.78 is 11.9. The van der Waals surface area contributed by atoms with Crippen LogP contribution >= 0.6 is 0 Å². The molecule has 0 bridgehead atoms. The van der Waals surface area contributed by atoms with Crippen LogP contribution in [0.4, 0.5) is 0 Å². The van der Waals surface area contributed by atoms with E-state index in [4.69, 9.17) is 9.47 Å². The number of ketones is 1. The molecule has 2 heterocycles. The minimum Gasteiger partial charge on any atom is -0.459 e. The zero-order valence-electron chi connectivity index (χ0n) is 21.5. The average Bonchev–Trinajstić information content (AvgIpc) is 3.52. The Morgan fingerprint density at radius 2 is 1.80 bits per heavy atom. The second-order valence-corrected chi connectivity index (χ2v) is 13.4. The highest BCUT2D eigenvalue weighted by atomic mass is 16.6. The Morgan fingerprint density at radius 1 is 1.09 bits per heavy atom. The third-order valence-electron chi connectivity index (χ3n) is 12.2. The molecule has 0 aromatic rings. The van der Waals surface area contributed by atoms with E-state index in [0.717, 1.165) is 0 Å². The van der Waals surface area contributed by atoms with E-state index >= 15 is 0 Å². The van der Waals surface area contributed by atoms with Crippen LogP contribution in [0, 0.1) is 40.4 Å². The molecule has 194 valence electrons. The van der Waals surface area contributed by atoms with Crippen LogP contribution in [0.2, 0.25) is 0 Å². The average molecular weight is 489 g/mol. The predicted octanol–water partition coefficient (Wildman–Crippen LogP) is 2.55. The number of esters is 1. The van der Waals surface area contributed by atoms with E-state index in [1.165, 1.54) is 0 Å². The van der Waals surface area contributed by atoms with E-state index in [-0.39, 0.29) is 47.4 Å². The van der Waals surface area contributed by atoms with Crippen LogP contribution < -0.4 is 0 Å². The summed E-state index contributed by atoms with van der Waals surface area (Å²) in [7, 11) is 0. The number of hydrogen-bond donors (Lipinski definition) is 3. The number of allylic oxidation sites excluding steroid dienone is 1. The Balaban J connectivity index is 1.36. The molecule has 0 spiro atoms. The maximum Gasteiger partial charge on any atom is 0.309 e. The number of aliphatic hydroxyl groups is 3. The van der Waals surface area contributed by atoms with Gasteiger partial charge in [0.1, 0.15) is 23.4 Å². The summed E-state index contributed by atoms with van der Waals surface area (Å²) in [6.07, 6.45) is 5.33. The maximum atomic E-state index is 13.3. The van der Waals surface area contributed by atoms with Crippen LogP contribution in [0.3, 0.4) is 0 Å². The van der Waals surface area contributed by atoms with Crippen LogP contribution in [-0.4, -0.2) is 62.2 Å². The fraction of sp³-hybridized carbons (Fsp3) is 0.857. The zero-order valence-corrected chi connectivity index (χ0v) is 21.5. The lowest BCUT2D eigenvalue weighted by molar-refractivity contribution is -0.241. The molecule has 3 N–H and O–H groups in total. The van der Waals surface area contributed by atoms with Gasteiger partial charge in [0.15, 0.2) is 5.78 Å². The SMILES string of the molecule is C[C@H]1C[C@H]([C@](C)(O)[C@H]2CC[C@@]3(O)[C@@H]4[C@@H]5O[C@@H]5[C@@]5(O)CC=CC(=O)[C@]5(C)[C@H]4CC[C@]23C)OC(=O)[C@@H]1C. The molecule has 6 aliphatic rings. The van der Waals surface area contributed by atoms with Crippen molar-refractivity contribution < 1.29 is 34.4 Å². The van der Waals surface area contributed by atoms with E-state index in [0.29, 0.717) is 38.5 Å². The van der Waals surface area contributed by atoms with E-state index < -0.39 is 39.8 Å². The van der Waals surface area contributed by atoms with Crippen molar-refractivity contribution in [2.45, 2.75) is 108 Å². The fourth-order valence-electron chi connectivity index (χ4n) is 9.55. The third-order valence-corrected chi connectivity index (χ3v) is 12.2. The van der Waals surface area contributed by atoms with E-state index in [1.807, 2.05) is 20.8 Å². The van der Waals surface area contributed by atoms with Crippen molar-refractivity contribution in [3.8, 4) is 0 Å². The molecule has 0 aromatic heterocycles. The minimum absolute atomic E-state index is 0.0822. The van der Waals surface area contributed by atoms with Gasteiger partial charge in [-0.15, -0.1) is 0 Å². The first-order valence-electron chi connectivity index (χ1n) is 13.5. The lowest BCUT2D eigenvalue weighted by Gasteiger charge is -2.63. The number of hydrogen-bond acceptors (Lipinski definition) is 7. The van der Waals surface area contributed by atoms with Crippen molar-refractivity contribution >= 4 is 11.8 Å². The smallest absolute Gasteiger partial charge is 0.309 e. The van der Waals surface area contributed by atoms with Gasteiger partial charge >= 0.3 is 5.97 Å². The number of rotatable bonds is 2. The fourth-order valence-corrected chi connectivity index (χ4v) is 9.55. The number of fused-ring (bicyclic) bond motifs is 8. The Hall–Kier alpha value is -1.28. The van der Waals surface area contributed by atoms with Crippen molar-refractivity contribution in [1.82, 2.24) is 0 Å². The van der Waals surface area contributed by atoms with E-state index in [9.17, 15) is 24.9 Å². The topological polar surface area (TPSA) is 117 Å². The molecule has 0 radical (unpaired) electrons. The van der Waals surface area contributed by atoms with Gasteiger partial charge in [0.05, 0.1) is 23.0 Å². The Bertz CT molecular complexity index is 1010. The summed E-state index contributed by atoms with van der Waals surface area (Å²) in [5.41, 5.74) is -5.32. The molecule has 0 amide bonds. The molecule has 5 fully saturated rings. The molecular weight excluding hydrogens is 448 g/mol. The van der Waals surface area contributed by atoms with Gasteiger partial charge in [0, 0.05) is 11.3 Å². The van der Waals surface area contributed by atoms with Crippen LogP contribution in [0.5, 0.6) is 0 Å². The molecule has 7 nitrogen and oxygen atoms in total. The molecule has 2 saturated heterocycles. The quantitative estimate of drug-likeness (QED) is 0.404. The summed E-state index contributed by atoms with van der Waals surface area (Å²) in [5.74, 6) is -1.20. The van der Waals surface area contributed by atoms with Crippen molar-refractivity contribution in [3.05, 3.63) is 12.2 Å². The van der Waals surface area contributed by atoms with Gasteiger partial charge in [-0.05, 0) is 76.2 Å². The predicted molar refractivity (Wildman–Crippen MR) is 126 cm³/mol. The van der Waals surface area contributed by atoms with E-state index in [1.54, 1.807) is 19.1 Å². The van der Waals surface area contributed by atoms with Crippen LogP contribution in [0.1, 0.15) is 73.1 Å². The third kappa shape index (κ3) is 2.66. The lowest BCUT2D eigenvalue weighted by Crippen LogP contribution is -2.72. The van der Waals surface area contributed by atoms with Gasteiger partial charge in [0.25, 0.3) is 0 Å². The second-order valence-electron chi connectivity index (χ2n) is 13.4. The molecule has 6 rings (SSSR count). The first kappa shape index (κ1) is 24.1. The lowest BCUT2D eigenvalue weighted by atomic mass is 9.42. The first-order valence-corrected chi connectivity index (χ1v) is 13.5. The molecule has 7 heteroatoms. The number of cyclic esters (lactones) is 1. The van der Waals surface area contributed by atoms with Crippen LogP contribution in [0.25, 0.3) is 0 Å². The molecule has 0 unspecified atom stereocenters. The van der Waals surface area contributed by atoms with Crippen molar-refractivity contribution in [2.75, 3.05) is 0 Å². The maximum absolute atomic E-state index is 13.3. The zero-order chi connectivity index (χ0) is 25.3. The molecule has 35 heavy (non-hydrogen) atoms. The van der Waals surface area contributed by atoms with Gasteiger partial charge in [0.2, 0.25) is 0 Å². The summed E-state index contributed by atoms with van der Waals surface area (Å²) in [6, 6.07) is 0. The summed E-state index contributed by atoms with van der Waals surface area (Å²) in [4.78, 5) is 25.8. The van der Waals surface area contributed by atoms with Crippen LogP contribution in [-0.2, 0) is 19.1 Å². The van der Waals surface area contributed by atoms with Crippen molar-refractivity contribution in [1.29, 1.82) is 0 Å². The Morgan fingerprint density at radius 3 is 2.49 bits per heavy atom. The molecule has 0 aromatic carbocycles. The first-order chi connectivity index (χ1) is 16.2. The standard InChI is InChI=1S/C28H40O7/c1-14-13-19(34-23(30)15(14)2)26(5,31)17-9-12-27(32)20-16(8-11-24(17,27)3)25(4)18(29)7-6-10-28(25,33)22-21(20)35-22/h6-7,14-17,19-22,31-33H,8-13H2,1-5H3/t14-,15+,16-,17-,19+,20-,21-,22-,24+,25-,26+,27+,28-/m0/s1. The highest BCUT2D eigenvalue weighted by molar-refractivity contribution is 5.97. The Kier molecular flexibility index (Phi) is 4.80. The minimum atomic E-state index is -1.29. The van der Waals surface area contributed by atoms with Crippen molar-refractivity contribution in [2.24, 2.45) is 40.4 Å². The molecular formula is C28H40O7. The number of carbonyl (C=O) groups excluding carboxylic acids is 2. The summed E-state index contributed by atoms with van der Waals surface area (Å²) in [5, 5.41) is 36.2. The second kappa shape index (κ2) is 6.97. The van der Waals surface area contributed by atoms with Crippen molar-refractivity contribution in [3.63, 3.8) is 0 Å². The summed E-state index contributed by atoms with van der Waals surface area (Å²) >= 11 is 0. The molecule has 4 aliphatic carbocycles. The number of carbonyl (C=O) groups is 2. The molecule has 2 aliphatic heterocycles. The van der Waals surface area contributed by atoms with Gasteiger partial charge in [-0.3, -0.25) is 9.59 Å². The van der Waals surface area contributed by atoms with Gasteiger partial charge in [-0.1, -0.05) is 26.8 Å². The van der Waals surface area contributed by atoms with E-state index in [2.05, 4.69) is 6.92 Å². The monoisotopic (exact) mass is 488 g/mol. The van der Waals surface area contributed by atoms with Gasteiger partial charge < -0.3 is 24.8 Å². The highest BCUT2D eigenvalue weighted by Crippen LogP contribution is 2.73. The van der Waals surface area contributed by atoms with Gasteiger partial charge in [-0.25, -0.2) is 0 Å². The molecule has 13 atom stereocenters. The largest absolute Gasteiger partial charge is 0.459 e. The van der Waals surface area contributed by atoms with Gasteiger partial charge in [-0.2, -0.15) is 0 Å². The number of ether oxygens (including phenoxy) is 2. The molecule has 3 saturated carbocycles. The normalized spacial score (nSPS) is 58.4. The summed E-state index contributed by atoms with van der Waals surface area (Å²) in [6.45, 7) is 9.60. The Labute approximate surface area is 207 Å².